The topological polar surface area (TPSA) is 173 Å². The first-order chi connectivity index (χ1) is 27.6. The largest absolute Gasteiger partial charge is 0.483 e. The van der Waals surface area contributed by atoms with Crippen LogP contribution in [-0.2, 0) is 35.6 Å². The average molecular weight is 854 g/mol. The first-order valence-electron chi connectivity index (χ1n) is 19.9. The van der Waals surface area contributed by atoms with Gasteiger partial charge in [0.05, 0.1) is 16.8 Å². The maximum Gasteiger partial charge on any atom is 0.427 e. The number of nitrogens with one attached hydrogen (secondary N) is 3. The third kappa shape index (κ3) is 7.94. The van der Waals surface area contributed by atoms with Gasteiger partial charge in [-0.05, 0) is 84.6 Å². The molecule has 1 aromatic heterocycles. The molecule has 1 aromatic carbocycles. The summed E-state index contributed by atoms with van der Waals surface area (Å²) in [5.74, 6) is -3.48. The van der Waals surface area contributed by atoms with E-state index in [9.17, 15) is 49.5 Å². The minimum absolute atomic E-state index is 0.0529. The number of alkyl carbamates (subject to hydrolysis) is 1. The second kappa shape index (κ2) is 15.2. The van der Waals surface area contributed by atoms with Crippen molar-refractivity contribution in [1.29, 1.82) is 0 Å². The molecular weight excluding hydrogens is 806 g/mol. The molecule has 13 nitrogen and oxygen atoms in total. The molecule has 0 unspecified atom stereocenters. The van der Waals surface area contributed by atoms with E-state index in [4.69, 9.17) is 9.47 Å². The van der Waals surface area contributed by atoms with E-state index in [1.54, 1.807) is 30.3 Å². The van der Waals surface area contributed by atoms with E-state index in [-0.39, 0.29) is 44.4 Å². The number of amides is 4. The van der Waals surface area contributed by atoms with E-state index in [1.807, 2.05) is 6.08 Å². The fraction of sp³-hybridized carbons (Fsp3) is 0.625. The smallest absolute Gasteiger partial charge is 0.427 e. The second-order valence-electron chi connectivity index (χ2n) is 17.2. The van der Waals surface area contributed by atoms with Crippen LogP contribution in [0.5, 0.6) is 5.75 Å². The van der Waals surface area contributed by atoms with Gasteiger partial charge in [0.15, 0.2) is 5.75 Å². The fourth-order valence-corrected chi connectivity index (χ4v) is 9.80. The van der Waals surface area contributed by atoms with Crippen LogP contribution in [0, 0.1) is 5.92 Å². The van der Waals surface area contributed by atoms with Crippen molar-refractivity contribution in [2.45, 2.75) is 144 Å². The van der Waals surface area contributed by atoms with E-state index in [1.165, 1.54) is 6.92 Å². The van der Waals surface area contributed by atoms with Gasteiger partial charge in [-0.3, -0.25) is 19.1 Å². The number of halogens is 5. The molecular formula is C40H48F5N5O8S. The van der Waals surface area contributed by atoms with Crippen molar-refractivity contribution >= 4 is 44.7 Å². The highest BCUT2D eigenvalue weighted by atomic mass is 32.2. The molecule has 7 rings (SSSR count). The summed E-state index contributed by atoms with van der Waals surface area (Å²) in [7, 11) is -4.14. The quantitative estimate of drug-likeness (QED) is 0.231. The maximum atomic E-state index is 14.7. The molecule has 4 heterocycles. The van der Waals surface area contributed by atoms with Crippen LogP contribution in [0.15, 0.2) is 36.4 Å². The normalized spacial score (nSPS) is 29.1. The van der Waals surface area contributed by atoms with Crippen LogP contribution in [0.1, 0.15) is 109 Å². The molecule has 19 heteroatoms. The van der Waals surface area contributed by atoms with Crippen LogP contribution in [-0.4, -0.2) is 88.4 Å². The molecule has 5 aliphatic rings. The number of para-hydroxylation sites is 1. The molecule has 322 valence electrons. The highest BCUT2D eigenvalue weighted by Gasteiger charge is 2.60. The Morgan fingerprint density at radius 1 is 1.05 bits per heavy atom. The van der Waals surface area contributed by atoms with Gasteiger partial charge in [-0.2, -0.15) is 13.2 Å². The molecule has 4 amide bonds. The lowest BCUT2D eigenvalue weighted by Gasteiger charge is -2.48. The number of carbonyl (C=O) groups is 4. The summed E-state index contributed by atoms with van der Waals surface area (Å²) in [6.45, 7) is 2.46. The van der Waals surface area contributed by atoms with E-state index in [2.05, 4.69) is 20.3 Å². The van der Waals surface area contributed by atoms with Crippen LogP contribution < -0.4 is 20.1 Å². The Hall–Kier alpha value is -4.55. The van der Waals surface area contributed by atoms with Crippen molar-refractivity contribution in [1.82, 2.24) is 25.2 Å². The number of pyridine rings is 1. The number of sulfonamides is 1. The lowest BCUT2D eigenvalue weighted by molar-refractivity contribution is -0.244. The zero-order chi connectivity index (χ0) is 42.8. The zero-order valence-electron chi connectivity index (χ0n) is 32.9. The van der Waals surface area contributed by atoms with Crippen LogP contribution in [0.2, 0.25) is 0 Å². The number of fused-ring (bicyclic) bond motifs is 5. The maximum absolute atomic E-state index is 14.7. The van der Waals surface area contributed by atoms with Gasteiger partial charge in [0.2, 0.25) is 27.4 Å². The Morgan fingerprint density at radius 3 is 2.44 bits per heavy atom. The van der Waals surface area contributed by atoms with E-state index < -0.39 is 91.6 Å². The molecule has 1 saturated heterocycles. The number of aryl methyl sites for hydroxylation is 1. The highest BCUT2D eigenvalue weighted by molar-refractivity contribution is 7.91. The number of nitrogens with zero attached hydrogens (tertiary/aromatic N) is 2. The Kier molecular flexibility index (Phi) is 10.9. The Labute approximate surface area is 338 Å². The SMILES string of the molecule is CC(C)(OC(=O)N[C@H]1CCCCC/C=C\[C@@H]2CC[C@@]2(C(=O)NS(=O)(=O)C2(C)CC2)NC(=O)[C@@H]2C[C@]3(CCc4c(c(C(F)F)nc5ccccc45)O3)CN2C1=O)C(F)(F)F. The van der Waals surface area contributed by atoms with Gasteiger partial charge < -0.3 is 25.0 Å². The summed E-state index contributed by atoms with van der Waals surface area (Å²) in [6.07, 6.45) is -2.80. The molecule has 0 bridgehead atoms. The van der Waals surface area contributed by atoms with E-state index in [0.29, 0.717) is 75.3 Å². The molecule has 59 heavy (non-hydrogen) atoms. The Morgan fingerprint density at radius 2 is 1.78 bits per heavy atom. The number of ether oxygens (including phenoxy) is 2. The van der Waals surface area contributed by atoms with Gasteiger partial charge in [-0.1, -0.05) is 43.2 Å². The van der Waals surface area contributed by atoms with Crippen LogP contribution in [0.25, 0.3) is 10.9 Å². The molecule has 2 aromatic rings. The zero-order valence-corrected chi connectivity index (χ0v) is 33.7. The van der Waals surface area contributed by atoms with Gasteiger partial charge in [0, 0.05) is 23.3 Å². The first-order valence-corrected chi connectivity index (χ1v) is 21.4. The first kappa shape index (κ1) is 42.6. The summed E-state index contributed by atoms with van der Waals surface area (Å²) in [5.41, 5.74) is -5.96. The number of alkyl halides is 5. The number of benzene rings is 1. The number of carbonyl (C=O) groups excluding carboxylic acids is 4. The lowest BCUT2D eigenvalue weighted by atomic mass is 9.65. The molecule has 1 spiro atoms. The predicted octanol–water partition coefficient (Wildman–Crippen LogP) is 6.06. The molecule has 5 atom stereocenters. The van der Waals surface area contributed by atoms with Gasteiger partial charge in [0.1, 0.15) is 28.9 Å². The molecule has 0 radical (unpaired) electrons. The molecule has 3 aliphatic heterocycles. The van der Waals surface area contributed by atoms with Gasteiger partial charge in [-0.25, -0.2) is 27.0 Å². The van der Waals surface area contributed by atoms with E-state index in [0.717, 1.165) is 4.90 Å². The summed E-state index contributed by atoms with van der Waals surface area (Å²) in [6, 6.07) is 3.76. The second-order valence-corrected chi connectivity index (χ2v) is 19.4. The summed E-state index contributed by atoms with van der Waals surface area (Å²) in [4.78, 5) is 61.9. The van der Waals surface area contributed by atoms with Gasteiger partial charge in [0.25, 0.3) is 12.3 Å². The van der Waals surface area contributed by atoms with Crippen molar-refractivity contribution in [2.24, 2.45) is 5.92 Å². The highest BCUT2D eigenvalue weighted by Crippen LogP contribution is 2.48. The summed E-state index contributed by atoms with van der Waals surface area (Å²) in [5, 5.41) is 5.67. The molecule has 3 N–H and O–H groups in total. The van der Waals surface area contributed by atoms with E-state index >= 15 is 0 Å². The summed E-state index contributed by atoms with van der Waals surface area (Å²) >= 11 is 0. The average Bonchev–Trinajstić information content (AvgIpc) is 3.82. The standard InChI is InChI=1S/C40H48F5N5O8S/c1-36(2,40(43,44)45)58-35(54)47-27-14-8-6-4-5-7-11-23-15-18-39(23,34(53)49-59(55,56)37(3)19-20-37)48-32(51)28-21-38(22-50(28)33(27)52)17-16-25-24-12-9-10-13-26(24)46-29(31(41)42)30(25)57-38/h7,9-13,23,27-28,31H,4-6,8,14-22H2,1-3H3,(H,47,54)(H,48,51)(H,49,53)/b11-7-/t23-,27+,28+,38-,39-/m1/s1. The van der Waals surface area contributed by atoms with Gasteiger partial charge in [-0.15, -0.1) is 0 Å². The van der Waals surface area contributed by atoms with Crippen LogP contribution >= 0.6 is 0 Å². The Bertz CT molecular complexity index is 2180. The third-order valence-electron chi connectivity index (χ3n) is 12.7. The number of hydrogen-bond acceptors (Lipinski definition) is 9. The fourth-order valence-electron chi connectivity index (χ4n) is 8.49. The third-order valence-corrected chi connectivity index (χ3v) is 14.9. The molecule has 3 fully saturated rings. The van der Waals surface area contributed by atoms with Gasteiger partial charge >= 0.3 is 12.3 Å². The van der Waals surface area contributed by atoms with Crippen molar-refractivity contribution in [3.8, 4) is 5.75 Å². The lowest BCUT2D eigenvalue weighted by Crippen LogP contribution is -2.70. The minimum atomic E-state index is -4.95. The molecule has 2 saturated carbocycles. The predicted molar refractivity (Wildman–Crippen MR) is 203 cm³/mol. The summed E-state index contributed by atoms with van der Waals surface area (Å²) < 4.78 is 109. The van der Waals surface area contributed by atoms with Crippen molar-refractivity contribution < 1.29 is 59.0 Å². The monoisotopic (exact) mass is 853 g/mol. The van der Waals surface area contributed by atoms with Crippen molar-refractivity contribution in [3.05, 3.63) is 47.7 Å². The Balaban J connectivity index is 1.26. The van der Waals surface area contributed by atoms with Crippen molar-refractivity contribution in [2.75, 3.05) is 6.54 Å². The van der Waals surface area contributed by atoms with Crippen molar-refractivity contribution in [3.63, 3.8) is 0 Å². The minimum Gasteiger partial charge on any atom is -0.483 e. The molecule has 2 aliphatic carbocycles. The van der Waals surface area contributed by atoms with Crippen LogP contribution in [0.4, 0.5) is 26.7 Å². The number of hydrogen-bond donors (Lipinski definition) is 3. The number of aromatic nitrogens is 1. The number of rotatable bonds is 6. The van der Waals surface area contributed by atoms with Crippen LogP contribution in [0.3, 0.4) is 0 Å². The number of allylic oxidation sites excluding steroid dienone is 1.